The molecule has 0 aliphatic carbocycles. The molecule has 2 unspecified atom stereocenters. The van der Waals surface area contributed by atoms with Crippen molar-refractivity contribution >= 4 is 14.4 Å². The van der Waals surface area contributed by atoms with Crippen LogP contribution in [0, 0.1) is 11.6 Å². The average molecular weight is 579 g/mol. The van der Waals surface area contributed by atoms with Crippen LogP contribution in [0.5, 0.6) is 0 Å². The predicted molar refractivity (Wildman–Crippen MR) is 153 cm³/mol. The van der Waals surface area contributed by atoms with Gasteiger partial charge in [-0.3, -0.25) is 0 Å². The van der Waals surface area contributed by atoms with Gasteiger partial charge in [0.05, 0.1) is 30.6 Å². The molecule has 1 aromatic carbocycles. The lowest BCUT2D eigenvalue weighted by Gasteiger charge is -2.43. The number of rotatable bonds is 7. The topological polar surface area (TPSA) is 89.9 Å². The molecule has 40 heavy (non-hydrogen) atoms. The molecule has 0 bridgehead atoms. The molecule has 0 spiro atoms. The molecule has 2 N–H and O–H groups in total. The zero-order chi connectivity index (χ0) is 30.3. The zero-order valence-electron chi connectivity index (χ0n) is 25.4. The molecule has 1 amide bonds. The highest BCUT2D eigenvalue weighted by Gasteiger charge is 2.47. The summed E-state index contributed by atoms with van der Waals surface area (Å²) >= 11 is 0. The number of halogens is 2. The molecule has 0 saturated carbocycles. The first-order valence-corrected chi connectivity index (χ1v) is 16.5. The number of nitrogens with zero attached hydrogens (tertiary/aromatic N) is 1. The lowest BCUT2D eigenvalue weighted by molar-refractivity contribution is -0.00997. The van der Waals surface area contributed by atoms with Crippen molar-refractivity contribution in [1.29, 1.82) is 0 Å². The fourth-order valence-electron chi connectivity index (χ4n) is 4.52. The van der Waals surface area contributed by atoms with Crippen LogP contribution in [0.2, 0.25) is 18.1 Å². The van der Waals surface area contributed by atoms with Gasteiger partial charge in [0.15, 0.2) is 14.1 Å². The van der Waals surface area contributed by atoms with Crippen molar-refractivity contribution in [2.75, 3.05) is 13.2 Å². The van der Waals surface area contributed by atoms with Crippen molar-refractivity contribution in [3.63, 3.8) is 0 Å². The van der Waals surface area contributed by atoms with Crippen molar-refractivity contribution in [1.82, 2.24) is 10.3 Å². The van der Waals surface area contributed by atoms with E-state index in [9.17, 15) is 14.3 Å². The highest BCUT2D eigenvalue weighted by Crippen LogP contribution is 2.44. The molecule has 2 atom stereocenters. The number of aliphatic hydroxyl groups is 1. The van der Waals surface area contributed by atoms with Crippen LogP contribution in [0.4, 0.5) is 13.6 Å². The third-order valence-electron chi connectivity index (χ3n) is 7.54. The van der Waals surface area contributed by atoms with Gasteiger partial charge >= 0.3 is 6.09 Å². The summed E-state index contributed by atoms with van der Waals surface area (Å²) in [5.41, 5.74) is -2.10. The second-order valence-corrected chi connectivity index (χ2v) is 18.3. The van der Waals surface area contributed by atoms with E-state index in [0.717, 1.165) is 0 Å². The van der Waals surface area contributed by atoms with Gasteiger partial charge < -0.3 is 24.3 Å². The first-order chi connectivity index (χ1) is 18.2. The van der Waals surface area contributed by atoms with Crippen molar-refractivity contribution in [2.24, 2.45) is 0 Å². The Morgan fingerprint density at radius 3 is 2.23 bits per heavy atom. The summed E-state index contributed by atoms with van der Waals surface area (Å²) in [6.07, 6.45) is -1.35. The largest absolute Gasteiger partial charge is 0.444 e. The van der Waals surface area contributed by atoms with E-state index in [4.69, 9.17) is 13.9 Å². The second kappa shape index (κ2) is 11.1. The quantitative estimate of drug-likeness (QED) is 0.352. The number of aliphatic hydroxyl groups excluding tert-OH is 1. The highest BCUT2D eigenvalue weighted by atomic mass is 28.4. The molecule has 7 nitrogen and oxygen atoms in total. The number of carbonyl (C=O) groups is 1. The van der Waals surface area contributed by atoms with E-state index in [1.54, 1.807) is 26.8 Å². The van der Waals surface area contributed by atoms with E-state index < -0.39 is 49.0 Å². The van der Waals surface area contributed by atoms with Crippen LogP contribution in [0.1, 0.15) is 73.1 Å². The maximum atomic E-state index is 16.4. The Balaban J connectivity index is 2.18. The second-order valence-electron chi connectivity index (χ2n) is 13.6. The smallest absolute Gasteiger partial charge is 0.407 e. The molecule has 0 radical (unpaired) electrons. The van der Waals surface area contributed by atoms with Gasteiger partial charge in [-0.2, -0.15) is 0 Å². The summed E-state index contributed by atoms with van der Waals surface area (Å²) < 4.78 is 48.4. The van der Waals surface area contributed by atoms with Gasteiger partial charge in [-0.15, -0.1) is 0 Å². The van der Waals surface area contributed by atoms with Gasteiger partial charge in [0.2, 0.25) is 0 Å². The van der Waals surface area contributed by atoms with E-state index in [0.29, 0.717) is 11.3 Å². The Morgan fingerprint density at radius 1 is 1.12 bits per heavy atom. The van der Waals surface area contributed by atoms with Crippen LogP contribution in [0.25, 0.3) is 11.3 Å². The Labute approximate surface area is 237 Å². The summed E-state index contributed by atoms with van der Waals surface area (Å²) in [6.45, 7) is 19.4. The van der Waals surface area contributed by atoms with Crippen LogP contribution in [-0.2, 0) is 25.1 Å². The number of benzene rings is 1. The van der Waals surface area contributed by atoms with Crippen LogP contribution >= 0.6 is 0 Å². The summed E-state index contributed by atoms with van der Waals surface area (Å²) in [6, 6.07) is 7.02. The first kappa shape index (κ1) is 32.1. The Morgan fingerprint density at radius 2 is 1.73 bits per heavy atom. The third kappa shape index (κ3) is 7.26. The Kier molecular flexibility index (Phi) is 8.92. The maximum absolute atomic E-state index is 16.4. The van der Waals surface area contributed by atoms with Crippen molar-refractivity contribution in [2.45, 2.75) is 103 Å². The Bertz CT molecular complexity index is 1220. The maximum Gasteiger partial charge on any atom is 0.407 e. The van der Waals surface area contributed by atoms with E-state index in [-0.39, 0.29) is 35.9 Å². The normalized spacial score (nSPS) is 20.5. The molecule has 1 saturated heterocycles. The summed E-state index contributed by atoms with van der Waals surface area (Å²) in [5.74, 6) is -1.05. The fourth-order valence-corrected chi connectivity index (χ4v) is 6.21. The summed E-state index contributed by atoms with van der Waals surface area (Å²) in [4.78, 5) is 17.2. The number of alkyl carbamates (subject to hydrolysis) is 1. The predicted octanol–water partition coefficient (Wildman–Crippen LogP) is 6.78. The molecule has 1 aliphatic heterocycles. The van der Waals surface area contributed by atoms with Gasteiger partial charge in [0.1, 0.15) is 22.7 Å². The van der Waals surface area contributed by atoms with Gasteiger partial charge in [-0.05, 0) is 83.1 Å². The van der Waals surface area contributed by atoms with Gasteiger partial charge in [0, 0.05) is 17.5 Å². The summed E-state index contributed by atoms with van der Waals surface area (Å²) in [7, 11) is -2.36. The minimum atomic E-state index is -2.36. The molecule has 1 aliphatic rings. The number of pyridine rings is 1. The minimum absolute atomic E-state index is 0.000962. The van der Waals surface area contributed by atoms with Crippen molar-refractivity contribution < 1.29 is 32.6 Å². The zero-order valence-corrected chi connectivity index (χ0v) is 26.4. The van der Waals surface area contributed by atoms with Crippen LogP contribution in [0.15, 0.2) is 30.3 Å². The highest BCUT2D eigenvalue weighted by molar-refractivity contribution is 6.74. The molecule has 2 heterocycles. The van der Waals surface area contributed by atoms with Gasteiger partial charge in [-0.25, -0.2) is 18.6 Å². The van der Waals surface area contributed by atoms with E-state index in [2.05, 4.69) is 44.2 Å². The van der Waals surface area contributed by atoms with Crippen molar-refractivity contribution in [3.8, 4) is 11.3 Å². The van der Waals surface area contributed by atoms with Crippen molar-refractivity contribution in [3.05, 3.63) is 53.2 Å². The lowest BCUT2D eigenvalue weighted by atomic mass is 9.88. The average Bonchev–Trinajstić information content (AvgIpc) is 3.18. The molecule has 10 heteroatoms. The number of ether oxygens (including phenoxy) is 2. The molecule has 1 aromatic heterocycles. The minimum Gasteiger partial charge on any atom is -0.444 e. The van der Waals surface area contributed by atoms with E-state index in [1.165, 1.54) is 24.3 Å². The molecule has 222 valence electrons. The van der Waals surface area contributed by atoms with Gasteiger partial charge in [-0.1, -0.05) is 20.8 Å². The number of carbonyl (C=O) groups excluding carboxylic acids is 1. The number of hydrogen-bond acceptors (Lipinski definition) is 6. The standard InChI is InChI=1S/C30H44F2N2O5Si/c1-27(2,3)38-26(36)33-18-30(16-21(35)17-37-30)23-15-22(29(7,8)39-40(9,10)28(4,5)6)24(32)25(34-23)19-11-13-20(31)14-12-19/h11-15,21,35H,16-18H2,1-10H3,(H,33,36). The molecule has 3 rings (SSSR count). The first-order valence-electron chi connectivity index (χ1n) is 13.6. The molecule has 1 fully saturated rings. The lowest BCUT2D eigenvalue weighted by Crippen LogP contribution is -2.47. The number of amides is 1. The van der Waals surface area contributed by atoms with Crippen LogP contribution in [0.3, 0.4) is 0 Å². The SMILES string of the molecule is CC(C)(C)OC(=O)NCC1(c2cc(C(C)(C)O[Si](C)(C)C(C)(C)C)c(F)c(-c3ccc(F)cc3)n2)CC(O)CO1. The Hall–Kier alpha value is -2.40. The van der Waals surface area contributed by atoms with E-state index in [1.807, 2.05) is 13.8 Å². The third-order valence-corrected chi connectivity index (χ3v) is 12.2. The number of hydrogen-bond donors (Lipinski definition) is 2. The molecule has 2 aromatic rings. The molecular weight excluding hydrogens is 534 g/mol. The monoisotopic (exact) mass is 578 g/mol. The van der Waals surface area contributed by atoms with E-state index >= 15 is 4.39 Å². The summed E-state index contributed by atoms with van der Waals surface area (Å²) in [5, 5.41) is 13.1. The number of aromatic nitrogens is 1. The fraction of sp³-hybridized carbons (Fsp3) is 0.600. The number of nitrogens with one attached hydrogen (secondary N) is 1. The molecular formula is C30H44F2N2O5Si. The van der Waals surface area contributed by atoms with Gasteiger partial charge in [0.25, 0.3) is 0 Å². The van der Waals surface area contributed by atoms with Crippen LogP contribution in [-0.4, -0.2) is 49.4 Å². The van der Waals surface area contributed by atoms with Crippen LogP contribution < -0.4 is 5.32 Å².